The number of nitrogens with zero attached hydrogens (tertiary/aromatic N) is 3. The molecular weight excluding hydrogens is 296 g/mol. The van der Waals surface area contributed by atoms with Crippen molar-refractivity contribution in [3.05, 3.63) is 41.3 Å². The Morgan fingerprint density at radius 3 is 2.96 bits per heavy atom. The third-order valence-electron chi connectivity index (χ3n) is 3.66. The van der Waals surface area contributed by atoms with Gasteiger partial charge >= 0.3 is 5.97 Å². The number of hydrogen-bond acceptors (Lipinski definition) is 5. The number of hydrogen-bond donors (Lipinski definition) is 2. The molecule has 23 heavy (non-hydrogen) atoms. The standard InChI is InChI=1S/C16H18N4O3/c1-3-4-11-8-12(23-19-11)9-17-16-18-13-7-10(15(21)22)5-6-14(13)20(16)2/h5-8H,3-4,9H2,1-2H3,(H,17,18)(H,21,22). The predicted molar refractivity (Wildman–Crippen MR) is 85.5 cm³/mol. The van der Waals surface area contributed by atoms with E-state index in [0.717, 1.165) is 29.8 Å². The summed E-state index contributed by atoms with van der Waals surface area (Å²) in [5.41, 5.74) is 2.67. The number of carbonyl (C=O) groups is 1. The van der Waals surface area contributed by atoms with Crippen LogP contribution in [0.5, 0.6) is 0 Å². The lowest BCUT2D eigenvalue weighted by Crippen LogP contribution is -2.04. The Morgan fingerprint density at radius 1 is 1.39 bits per heavy atom. The maximum Gasteiger partial charge on any atom is 0.335 e. The summed E-state index contributed by atoms with van der Waals surface area (Å²) in [6.45, 7) is 2.57. The van der Waals surface area contributed by atoms with Crippen LogP contribution in [0.2, 0.25) is 0 Å². The van der Waals surface area contributed by atoms with Gasteiger partial charge < -0.3 is 19.5 Å². The molecule has 0 atom stereocenters. The maximum absolute atomic E-state index is 11.0. The lowest BCUT2D eigenvalue weighted by molar-refractivity contribution is 0.0697. The van der Waals surface area contributed by atoms with E-state index in [4.69, 9.17) is 9.63 Å². The topological polar surface area (TPSA) is 93.2 Å². The molecule has 0 saturated carbocycles. The number of rotatable bonds is 6. The summed E-state index contributed by atoms with van der Waals surface area (Å²) in [6.07, 6.45) is 1.92. The van der Waals surface area contributed by atoms with Gasteiger partial charge in [0.05, 0.1) is 28.8 Å². The van der Waals surface area contributed by atoms with Crippen molar-refractivity contribution in [1.29, 1.82) is 0 Å². The van der Waals surface area contributed by atoms with Crippen LogP contribution in [-0.4, -0.2) is 25.8 Å². The van der Waals surface area contributed by atoms with Gasteiger partial charge in [-0.25, -0.2) is 9.78 Å². The number of carboxylic acid groups (broad SMARTS) is 1. The molecule has 0 amide bonds. The highest BCUT2D eigenvalue weighted by Crippen LogP contribution is 2.20. The molecule has 1 aromatic carbocycles. The van der Waals surface area contributed by atoms with Gasteiger partial charge in [-0.15, -0.1) is 0 Å². The van der Waals surface area contributed by atoms with Crippen molar-refractivity contribution in [3.8, 4) is 0 Å². The van der Waals surface area contributed by atoms with E-state index in [1.54, 1.807) is 18.2 Å². The fourth-order valence-electron chi connectivity index (χ4n) is 2.47. The third-order valence-corrected chi connectivity index (χ3v) is 3.66. The molecule has 3 aromatic rings. The average molecular weight is 314 g/mol. The van der Waals surface area contributed by atoms with E-state index in [-0.39, 0.29) is 5.56 Å². The average Bonchev–Trinajstić information content (AvgIpc) is 3.10. The second-order valence-electron chi connectivity index (χ2n) is 5.39. The van der Waals surface area contributed by atoms with Crippen LogP contribution in [0.25, 0.3) is 11.0 Å². The quantitative estimate of drug-likeness (QED) is 0.726. The molecule has 120 valence electrons. The first-order valence-electron chi connectivity index (χ1n) is 7.46. The minimum Gasteiger partial charge on any atom is -0.478 e. The molecule has 2 aromatic heterocycles. The number of aryl methyl sites for hydroxylation is 2. The molecule has 0 unspecified atom stereocenters. The first-order chi connectivity index (χ1) is 11.1. The van der Waals surface area contributed by atoms with Crippen LogP contribution >= 0.6 is 0 Å². The van der Waals surface area contributed by atoms with E-state index in [1.165, 1.54) is 0 Å². The Labute approximate surface area is 132 Å². The van der Waals surface area contributed by atoms with Gasteiger partial charge in [0.2, 0.25) is 5.95 Å². The lowest BCUT2D eigenvalue weighted by Gasteiger charge is -2.03. The number of benzene rings is 1. The predicted octanol–water partition coefficient (Wildman–Crippen LogP) is 2.82. The zero-order valence-electron chi connectivity index (χ0n) is 13.0. The van der Waals surface area contributed by atoms with Gasteiger partial charge in [-0.1, -0.05) is 18.5 Å². The van der Waals surface area contributed by atoms with Gasteiger partial charge in [-0.2, -0.15) is 0 Å². The highest BCUT2D eigenvalue weighted by molar-refractivity contribution is 5.92. The molecule has 3 rings (SSSR count). The highest BCUT2D eigenvalue weighted by Gasteiger charge is 2.11. The summed E-state index contributed by atoms with van der Waals surface area (Å²) in [7, 11) is 1.88. The van der Waals surface area contributed by atoms with Crippen molar-refractivity contribution in [3.63, 3.8) is 0 Å². The minimum absolute atomic E-state index is 0.224. The Balaban J connectivity index is 1.79. The van der Waals surface area contributed by atoms with E-state index in [0.29, 0.717) is 18.0 Å². The van der Waals surface area contributed by atoms with Crippen molar-refractivity contribution in [2.75, 3.05) is 5.32 Å². The first kappa shape index (κ1) is 15.1. The molecule has 7 nitrogen and oxygen atoms in total. The van der Waals surface area contributed by atoms with Crippen LogP contribution in [0.15, 0.2) is 28.8 Å². The van der Waals surface area contributed by atoms with E-state index >= 15 is 0 Å². The normalized spacial score (nSPS) is 11.0. The number of carboxylic acids is 1. The number of aromatic nitrogens is 3. The molecule has 2 N–H and O–H groups in total. The van der Waals surface area contributed by atoms with Crippen molar-refractivity contribution >= 4 is 23.0 Å². The second kappa shape index (κ2) is 6.12. The number of nitrogens with one attached hydrogen (secondary N) is 1. The molecular formula is C16H18N4O3. The smallest absolute Gasteiger partial charge is 0.335 e. The van der Waals surface area contributed by atoms with Gasteiger partial charge in [-0.05, 0) is 24.6 Å². The van der Waals surface area contributed by atoms with Gasteiger partial charge in [0.25, 0.3) is 0 Å². The molecule has 0 fully saturated rings. The number of aromatic carboxylic acids is 1. The molecule has 0 radical (unpaired) electrons. The molecule has 0 aliphatic carbocycles. The van der Waals surface area contributed by atoms with E-state index in [2.05, 4.69) is 22.4 Å². The van der Waals surface area contributed by atoms with Crippen LogP contribution in [0.3, 0.4) is 0 Å². The van der Waals surface area contributed by atoms with E-state index in [9.17, 15) is 4.79 Å². The highest BCUT2D eigenvalue weighted by atomic mass is 16.5. The SMILES string of the molecule is CCCc1cc(CNc2nc3cc(C(=O)O)ccc3n2C)on1. The monoisotopic (exact) mass is 314 g/mol. The van der Waals surface area contributed by atoms with Crippen molar-refractivity contribution in [2.24, 2.45) is 7.05 Å². The van der Waals surface area contributed by atoms with Crippen LogP contribution in [-0.2, 0) is 20.0 Å². The Kier molecular flexibility index (Phi) is 4.01. The molecule has 0 spiro atoms. The summed E-state index contributed by atoms with van der Waals surface area (Å²) >= 11 is 0. The Morgan fingerprint density at radius 2 is 2.22 bits per heavy atom. The summed E-state index contributed by atoms with van der Waals surface area (Å²) < 4.78 is 7.16. The molecule has 0 aliphatic rings. The maximum atomic E-state index is 11.0. The van der Waals surface area contributed by atoms with Crippen molar-refractivity contribution in [1.82, 2.24) is 14.7 Å². The van der Waals surface area contributed by atoms with Crippen LogP contribution in [0, 0.1) is 0 Å². The molecule has 0 bridgehead atoms. The second-order valence-corrected chi connectivity index (χ2v) is 5.39. The molecule has 0 aliphatic heterocycles. The molecule has 2 heterocycles. The largest absolute Gasteiger partial charge is 0.478 e. The van der Waals surface area contributed by atoms with Gasteiger partial charge in [0.1, 0.15) is 0 Å². The zero-order valence-corrected chi connectivity index (χ0v) is 13.0. The number of fused-ring (bicyclic) bond motifs is 1. The van der Waals surface area contributed by atoms with Crippen LogP contribution < -0.4 is 5.32 Å². The van der Waals surface area contributed by atoms with E-state index in [1.807, 2.05) is 17.7 Å². The Hall–Kier alpha value is -2.83. The summed E-state index contributed by atoms with van der Waals surface area (Å²) in [5.74, 6) is 0.430. The lowest BCUT2D eigenvalue weighted by atomic mass is 10.2. The van der Waals surface area contributed by atoms with Crippen molar-refractivity contribution in [2.45, 2.75) is 26.3 Å². The van der Waals surface area contributed by atoms with Gasteiger partial charge in [-0.3, -0.25) is 0 Å². The minimum atomic E-state index is -0.961. The summed E-state index contributed by atoms with van der Waals surface area (Å²) in [5, 5.41) is 16.2. The number of anilines is 1. The Bertz CT molecular complexity index is 850. The molecule has 7 heteroatoms. The third kappa shape index (κ3) is 3.03. The van der Waals surface area contributed by atoms with Gasteiger partial charge in [0.15, 0.2) is 5.76 Å². The fraction of sp³-hybridized carbons (Fsp3) is 0.312. The number of imidazole rings is 1. The van der Waals surface area contributed by atoms with Gasteiger partial charge in [0, 0.05) is 13.1 Å². The fourth-order valence-corrected chi connectivity index (χ4v) is 2.47. The summed E-state index contributed by atoms with van der Waals surface area (Å²) in [6, 6.07) is 6.83. The summed E-state index contributed by atoms with van der Waals surface area (Å²) in [4.78, 5) is 15.5. The van der Waals surface area contributed by atoms with Crippen molar-refractivity contribution < 1.29 is 14.4 Å². The van der Waals surface area contributed by atoms with Crippen LogP contribution in [0.4, 0.5) is 5.95 Å². The van der Waals surface area contributed by atoms with Crippen LogP contribution in [0.1, 0.15) is 35.2 Å². The zero-order chi connectivity index (χ0) is 16.4. The first-order valence-corrected chi connectivity index (χ1v) is 7.46. The molecule has 0 saturated heterocycles. The van der Waals surface area contributed by atoms with E-state index < -0.39 is 5.97 Å².